The van der Waals surface area contributed by atoms with Crippen molar-refractivity contribution in [3.05, 3.63) is 95.3 Å². The maximum absolute atomic E-state index is 13.9. The molecular formula is C32H36FN5O3. The number of carbonyl (C=O) groups is 3. The highest BCUT2D eigenvalue weighted by molar-refractivity contribution is 6.07. The number of amides is 3. The topological polar surface area (TPSA) is 85.0 Å². The van der Waals surface area contributed by atoms with Crippen LogP contribution in [-0.2, 0) is 11.2 Å². The quantitative estimate of drug-likeness (QED) is 0.482. The fourth-order valence-corrected chi connectivity index (χ4v) is 5.39. The van der Waals surface area contributed by atoms with E-state index in [4.69, 9.17) is 0 Å². The third-order valence-electron chi connectivity index (χ3n) is 7.59. The molecule has 0 radical (unpaired) electrons. The summed E-state index contributed by atoms with van der Waals surface area (Å²) in [6, 6.07) is 20.6. The highest BCUT2D eigenvalue weighted by Crippen LogP contribution is 2.30. The van der Waals surface area contributed by atoms with Gasteiger partial charge in [-0.25, -0.2) is 4.39 Å². The number of anilines is 2. The van der Waals surface area contributed by atoms with Gasteiger partial charge < -0.3 is 25.3 Å². The molecular weight excluding hydrogens is 521 g/mol. The molecule has 2 fully saturated rings. The largest absolute Gasteiger partial charge is 0.368 e. The second-order valence-corrected chi connectivity index (χ2v) is 10.5. The molecule has 8 nitrogen and oxygen atoms in total. The van der Waals surface area contributed by atoms with E-state index >= 15 is 0 Å². The molecule has 2 saturated heterocycles. The van der Waals surface area contributed by atoms with Crippen LogP contribution in [-0.4, -0.2) is 79.9 Å². The van der Waals surface area contributed by atoms with Gasteiger partial charge in [-0.05, 0) is 61.3 Å². The van der Waals surface area contributed by atoms with Crippen LogP contribution in [0.1, 0.15) is 39.1 Å². The third-order valence-corrected chi connectivity index (χ3v) is 7.59. The van der Waals surface area contributed by atoms with Gasteiger partial charge in [0.1, 0.15) is 5.82 Å². The summed E-state index contributed by atoms with van der Waals surface area (Å²) in [5, 5.41) is 6.25. The Morgan fingerprint density at radius 3 is 2.41 bits per heavy atom. The molecule has 41 heavy (non-hydrogen) atoms. The summed E-state index contributed by atoms with van der Waals surface area (Å²) in [6.45, 7) is 5.34. The number of nitrogens with zero attached hydrogens (tertiary/aromatic N) is 3. The molecule has 3 amide bonds. The lowest BCUT2D eigenvalue weighted by Crippen LogP contribution is -2.36. The Hall–Kier alpha value is -4.24. The lowest BCUT2D eigenvalue weighted by molar-refractivity contribution is -0.130. The predicted octanol–water partition coefficient (Wildman–Crippen LogP) is 3.79. The van der Waals surface area contributed by atoms with E-state index in [1.54, 1.807) is 18.2 Å². The van der Waals surface area contributed by atoms with Crippen molar-refractivity contribution in [3.8, 4) is 0 Å². The van der Waals surface area contributed by atoms with Crippen molar-refractivity contribution in [1.82, 2.24) is 15.1 Å². The van der Waals surface area contributed by atoms with Gasteiger partial charge >= 0.3 is 0 Å². The Balaban J connectivity index is 1.37. The molecule has 2 heterocycles. The molecule has 0 atom stereocenters. The highest BCUT2D eigenvalue weighted by Gasteiger charge is 2.24. The first-order valence-corrected chi connectivity index (χ1v) is 14.3. The van der Waals surface area contributed by atoms with E-state index in [2.05, 4.69) is 15.5 Å². The Bertz CT molecular complexity index is 1370. The summed E-state index contributed by atoms with van der Waals surface area (Å²) in [5.41, 5.74) is 2.92. The Kier molecular flexibility index (Phi) is 9.26. The Labute approximate surface area is 240 Å². The third kappa shape index (κ3) is 7.29. The van der Waals surface area contributed by atoms with Gasteiger partial charge in [-0.2, -0.15) is 0 Å². The SMILES string of the molecule is O=C(Nc1cc(C(=O)N2CCCNCC2)ccc1N1CCCN(C(=O)Cc2ccccc2)CC1)c1cccc(F)c1. The maximum Gasteiger partial charge on any atom is 0.255 e. The molecule has 2 aliphatic rings. The van der Waals surface area contributed by atoms with E-state index < -0.39 is 11.7 Å². The molecule has 0 bridgehead atoms. The van der Waals surface area contributed by atoms with Gasteiger partial charge in [0.25, 0.3) is 11.8 Å². The van der Waals surface area contributed by atoms with Gasteiger partial charge in [0.15, 0.2) is 0 Å². The number of halogens is 1. The number of benzene rings is 3. The summed E-state index contributed by atoms with van der Waals surface area (Å²) in [6.07, 6.45) is 2.00. The smallest absolute Gasteiger partial charge is 0.255 e. The van der Waals surface area contributed by atoms with Crippen LogP contribution in [0.5, 0.6) is 0 Å². The normalized spacial score (nSPS) is 16.1. The monoisotopic (exact) mass is 557 g/mol. The average Bonchev–Trinajstić information content (AvgIpc) is 3.41. The van der Waals surface area contributed by atoms with E-state index in [0.29, 0.717) is 56.9 Å². The first-order valence-electron chi connectivity index (χ1n) is 14.3. The first kappa shape index (κ1) is 28.3. The zero-order chi connectivity index (χ0) is 28.6. The highest BCUT2D eigenvalue weighted by atomic mass is 19.1. The van der Waals surface area contributed by atoms with Crippen molar-refractivity contribution in [1.29, 1.82) is 0 Å². The number of nitrogens with one attached hydrogen (secondary N) is 2. The zero-order valence-corrected chi connectivity index (χ0v) is 23.2. The van der Waals surface area contributed by atoms with Gasteiger partial charge in [-0.1, -0.05) is 36.4 Å². The number of hydrogen-bond acceptors (Lipinski definition) is 5. The molecule has 0 spiro atoms. The molecule has 9 heteroatoms. The molecule has 0 unspecified atom stereocenters. The fourth-order valence-electron chi connectivity index (χ4n) is 5.39. The van der Waals surface area contributed by atoms with E-state index in [9.17, 15) is 18.8 Å². The average molecular weight is 558 g/mol. The Morgan fingerprint density at radius 1 is 0.756 bits per heavy atom. The molecule has 214 valence electrons. The van der Waals surface area contributed by atoms with Crippen LogP contribution in [0.3, 0.4) is 0 Å². The zero-order valence-electron chi connectivity index (χ0n) is 23.2. The predicted molar refractivity (Wildman–Crippen MR) is 158 cm³/mol. The van der Waals surface area contributed by atoms with Crippen molar-refractivity contribution >= 4 is 29.1 Å². The molecule has 0 aliphatic carbocycles. The van der Waals surface area contributed by atoms with Crippen molar-refractivity contribution in [2.75, 3.05) is 62.6 Å². The second kappa shape index (κ2) is 13.4. The van der Waals surface area contributed by atoms with Crippen LogP contribution in [0.4, 0.5) is 15.8 Å². The van der Waals surface area contributed by atoms with Crippen molar-refractivity contribution < 1.29 is 18.8 Å². The fraction of sp³-hybridized carbons (Fsp3) is 0.344. The van der Waals surface area contributed by atoms with Crippen LogP contribution in [0, 0.1) is 5.82 Å². The molecule has 0 saturated carbocycles. The molecule has 2 aliphatic heterocycles. The van der Waals surface area contributed by atoms with Crippen molar-refractivity contribution in [2.24, 2.45) is 0 Å². The van der Waals surface area contributed by atoms with Gasteiger partial charge in [0.05, 0.1) is 17.8 Å². The lowest BCUT2D eigenvalue weighted by Gasteiger charge is -2.27. The minimum atomic E-state index is -0.496. The summed E-state index contributed by atoms with van der Waals surface area (Å²) in [5.74, 6) is -0.950. The van der Waals surface area contributed by atoms with Crippen LogP contribution >= 0.6 is 0 Å². The first-order chi connectivity index (χ1) is 20.0. The van der Waals surface area contributed by atoms with E-state index in [1.807, 2.05) is 46.2 Å². The molecule has 2 N–H and O–H groups in total. The van der Waals surface area contributed by atoms with Crippen LogP contribution in [0.15, 0.2) is 72.8 Å². The summed E-state index contributed by atoms with van der Waals surface area (Å²) >= 11 is 0. The lowest BCUT2D eigenvalue weighted by atomic mass is 10.1. The van der Waals surface area contributed by atoms with E-state index in [1.165, 1.54) is 18.2 Å². The minimum Gasteiger partial charge on any atom is -0.368 e. The number of hydrogen-bond donors (Lipinski definition) is 2. The summed E-state index contributed by atoms with van der Waals surface area (Å²) < 4.78 is 13.9. The van der Waals surface area contributed by atoms with Gasteiger partial charge in [-0.3, -0.25) is 14.4 Å². The molecule has 3 aromatic carbocycles. The standard InChI is InChI=1S/C32H36FN5O3/c33-27-10-4-9-25(22-27)31(40)35-28-23-26(32(41)38-15-5-13-34-14-18-38)11-12-29(28)36-16-6-17-37(20-19-36)30(39)21-24-7-2-1-3-8-24/h1-4,7-12,22-23,34H,5-6,13-21H2,(H,35,40). The molecule has 0 aromatic heterocycles. The van der Waals surface area contributed by atoms with E-state index in [-0.39, 0.29) is 17.4 Å². The molecule has 3 aromatic rings. The number of carbonyl (C=O) groups excluding carboxylic acids is 3. The maximum atomic E-state index is 13.9. The number of rotatable bonds is 6. The van der Waals surface area contributed by atoms with Crippen LogP contribution in [0.2, 0.25) is 0 Å². The Morgan fingerprint density at radius 2 is 1.59 bits per heavy atom. The second-order valence-electron chi connectivity index (χ2n) is 10.5. The van der Waals surface area contributed by atoms with Crippen molar-refractivity contribution in [2.45, 2.75) is 19.3 Å². The van der Waals surface area contributed by atoms with Crippen LogP contribution in [0.25, 0.3) is 0 Å². The van der Waals surface area contributed by atoms with Gasteiger partial charge in [0.2, 0.25) is 5.91 Å². The van der Waals surface area contributed by atoms with Gasteiger partial charge in [-0.15, -0.1) is 0 Å². The van der Waals surface area contributed by atoms with E-state index in [0.717, 1.165) is 37.2 Å². The van der Waals surface area contributed by atoms with Crippen LogP contribution < -0.4 is 15.5 Å². The summed E-state index contributed by atoms with van der Waals surface area (Å²) in [7, 11) is 0. The summed E-state index contributed by atoms with van der Waals surface area (Å²) in [4.78, 5) is 45.4. The minimum absolute atomic E-state index is 0.0879. The van der Waals surface area contributed by atoms with Crippen molar-refractivity contribution in [3.63, 3.8) is 0 Å². The molecule has 5 rings (SSSR count). The van der Waals surface area contributed by atoms with Gasteiger partial charge in [0, 0.05) is 56.9 Å².